The van der Waals surface area contributed by atoms with Crippen LogP contribution >= 0.6 is 11.3 Å². The van der Waals surface area contributed by atoms with E-state index in [2.05, 4.69) is 5.32 Å². The number of carbonyl (C=O) groups excluding carboxylic acids is 2. The maximum absolute atomic E-state index is 12.1. The molecule has 0 unspecified atom stereocenters. The number of nitrogens with one attached hydrogen (secondary N) is 1. The molecule has 3 rings (SSSR count). The van der Waals surface area contributed by atoms with Crippen LogP contribution in [0.1, 0.15) is 4.88 Å². The lowest BCUT2D eigenvalue weighted by atomic mass is 10.2. The van der Waals surface area contributed by atoms with Crippen LogP contribution in [0.15, 0.2) is 17.5 Å². The van der Waals surface area contributed by atoms with Crippen LogP contribution in [-0.2, 0) is 20.7 Å². The summed E-state index contributed by atoms with van der Waals surface area (Å²) in [6.45, 7) is 1.24. The van der Waals surface area contributed by atoms with Crippen molar-refractivity contribution >= 4 is 23.2 Å². The predicted molar refractivity (Wildman–Crippen MR) is 66.3 cm³/mol. The van der Waals surface area contributed by atoms with E-state index in [4.69, 9.17) is 4.74 Å². The van der Waals surface area contributed by atoms with Gasteiger partial charge in [0.1, 0.15) is 6.61 Å². The molecule has 0 radical (unpaired) electrons. The minimum Gasteiger partial charge on any atom is -0.364 e. The molecule has 1 aromatic heterocycles. The van der Waals surface area contributed by atoms with E-state index in [0.29, 0.717) is 19.5 Å². The Kier molecular flexibility index (Phi) is 3.05. The van der Waals surface area contributed by atoms with Crippen molar-refractivity contribution in [2.45, 2.75) is 18.6 Å². The highest BCUT2D eigenvalue weighted by Gasteiger charge is 2.39. The molecular weight excluding hydrogens is 252 g/mol. The molecule has 2 aliphatic rings. The highest BCUT2D eigenvalue weighted by Crippen LogP contribution is 2.19. The van der Waals surface area contributed by atoms with Crippen LogP contribution < -0.4 is 5.32 Å². The van der Waals surface area contributed by atoms with Gasteiger partial charge in [-0.1, -0.05) is 6.07 Å². The number of likely N-dealkylation sites (tertiary alicyclic amines) is 1. The minimum atomic E-state index is -0.0937. The van der Waals surface area contributed by atoms with Gasteiger partial charge in [-0.3, -0.25) is 9.59 Å². The second-order valence-corrected chi connectivity index (χ2v) is 5.61. The molecule has 2 amide bonds. The monoisotopic (exact) mass is 266 g/mol. The number of hydrogen-bond donors (Lipinski definition) is 1. The molecule has 18 heavy (non-hydrogen) atoms. The number of ether oxygens (including phenoxy) is 1. The van der Waals surface area contributed by atoms with Gasteiger partial charge in [0.05, 0.1) is 18.6 Å². The summed E-state index contributed by atoms with van der Waals surface area (Å²) in [6, 6.07) is 3.86. The summed E-state index contributed by atoms with van der Waals surface area (Å²) >= 11 is 1.59. The van der Waals surface area contributed by atoms with E-state index in [1.165, 1.54) is 0 Å². The second-order valence-electron chi connectivity index (χ2n) is 4.58. The van der Waals surface area contributed by atoms with Gasteiger partial charge in [-0.25, -0.2) is 0 Å². The maximum atomic E-state index is 12.1. The summed E-state index contributed by atoms with van der Waals surface area (Å²) in [6.07, 6.45) is 0.389. The first kappa shape index (κ1) is 11.7. The van der Waals surface area contributed by atoms with Gasteiger partial charge in [0.25, 0.3) is 0 Å². The third-order valence-electron chi connectivity index (χ3n) is 3.30. The van der Waals surface area contributed by atoms with E-state index in [-0.39, 0.29) is 30.6 Å². The largest absolute Gasteiger partial charge is 0.364 e. The molecule has 0 aliphatic carbocycles. The van der Waals surface area contributed by atoms with E-state index in [9.17, 15) is 9.59 Å². The molecule has 2 saturated heterocycles. The van der Waals surface area contributed by atoms with Crippen molar-refractivity contribution in [3.8, 4) is 0 Å². The van der Waals surface area contributed by atoms with Crippen LogP contribution in [0.25, 0.3) is 0 Å². The molecule has 6 heteroatoms. The van der Waals surface area contributed by atoms with E-state index in [1.807, 2.05) is 17.5 Å². The number of carbonyl (C=O) groups is 2. The van der Waals surface area contributed by atoms with Gasteiger partial charge in [0.2, 0.25) is 11.8 Å². The zero-order chi connectivity index (χ0) is 12.5. The molecule has 5 nitrogen and oxygen atoms in total. The smallest absolute Gasteiger partial charge is 0.246 e. The van der Waals surface area contributed by atoms with Gasteiger partial charge in [-0.05, 0) is 11.4 Å². The lowest BCUT2D eigenvalue weighted by molar-refractivity contribution is -0.134. The Bertz CT molecular complexity index is 460. The molecule has 96 valence electrons. The van der Waals surface area contributed by atoms with E-state index in [0.717, 1.165) is 4.88 Å². The van der Waals surface area contributed by atoms with Crippen LogP contribution in [0.4, 0.5) is 0 Å². The molecule has 2 atom stereocenters. The zero-order valence-electron chi connectivity index (χ0n) is 9.80. The molecule has 0 spiro atoms. The van der Waals surface area contributed by atoms with Crippen molar-refractivity contribution in [2.24, 2.45) is 0 Å². The Hall–Kier alpha value is -1.40. The molecular formula is C12H14N2O3S. The number of rotatable bonds is 2. The average molecular weight is 266 g/mol. The molecule has 2 aliphatic heterocycles. The van der Waals surface area contributed by atoms with Gasteiger partial charge in [-0.2, -0.15) is 0 Å². The van der Waals surface area contributed by atoms with Crippen LogP contribution in [0.3, 0.4) is 0 Å². The lowest BCUT2D eigenvalue weighted by Gasteiger charge is -2.24. The third-order valence-corrected chi connectivity index (χ3v) is 4.18. The molecule has 3 heterocycles. The fourth-order valence-electron chi connectivity index (χ4n) is 2.39. The molecule has 0 aromatic carbocycles. The van der Waals surface area contributed by atoms with Gasteiger partial charge in [0.15, 0.2) is 0 Å². The first-order chi connectivity index (χ1) is 8.72. The summed E-state index contributed by atoms with van der Waals surface area (Å²) in [5.41, 5.74) is 0. The molecule has 2 fully saturated rings. The van der Waals surface area contributed by atoms with Gasteiger partial charge >= 0.3 is 0 Å². The Balaban J connectivity index is 1.61. The number of morpholine rings is 1. The van der Waals surface area contributed by atoms with E-state index in [1.54, 1.807) is 16.2 Å². The zero-order valence-corrected chi connectivity index (χ0v) is 10.6. The number of fused-ring (bicyclic) bond motifs is 1. The first-order valence-electron chi connectivity index (χ1n) is 5.93. The summed E-state index contributed by atoms with van der Waals surface area (Å²) in [5, 5.41) is 4.83. The van der Waals surface area contributed by atoms with Crippen molar-refractivity contribution < 1.29 is 14.3 Å². The van der Waals surface area contributed by atoms with Crippen molar-refractivity contribution in [1.29, 1.82) is 0 Å². The topological polar surface area (TPSA) is 58.6 Å². The SMILES string of the molecule is O=C1CO[C@H]2CN(C(=O)Cc3cccs3)C[C@@H]2N1. The highest BCUT2D eigenvalue weighted by atomic mass is 32.1. The number of nitrogens with zero attached hydrogens (tertiary/aromatic N) is 1. The predicted octanol–water partition coefficient (Wildman–Crippen LogP) is 0.0164. The molecule has 1 N–H and O–H groups in total. The summed E-state index contributed by atoms with van der Waals surface area (Å²) in [5.74, 6) is 0.00787. The second kappa shape index (κ2) is 4.70. The van der Waals surface area contributed by atoms with Gasteiger partial charge in [-0.15, -0.1) is 11.3 Å². The van der Waals surface area contributed by atoms with Crippen molar-refractivity contribution in [3.63, 3.8) is 0 Å². The number of thiophene rings is 1. The Morgan fingerprint density at radius 1 is 1.56 bits per heavy atom. The lowest BCUT2D eigenvalue weighted by Crippen LogP contribution is -2.50. The highest BCUT2D eigenvalue weighted by molar-refractivity contribution is 7.10. The van der Waals surface area contributed by atoms with Crippen LogP contribution in [0.5, 0.6) is 0 Å². The third kappa shape index (κ3) is 2.26. The first-order valence-corrected chi connectivity index (χ1v) is 6.81. The van der Waals surface area contributed by atoms with Crippen molar-refractivity contribution in [3.05, 3.63) is 22.4 Å². The van der Waals surface area contributed by atoms with Crippen LogP contribution in [0, 0.1) is 0 Å². The molecule has 0 saturated carbocycles. The summed E-state index contributed by atoms with van der Waals surface area (Å²) < 4.78 is 5.43. The Morgan fingerprint density at radius 2 is 2.44 bits per heavy atom. The summed E-state index contributed by atoms with van der Waals surface area (Å²) in [4.78, 5) is 26.2. The number of hydrogen-bond acceptors (Lipinski definition) is 4. The Labute approximate surface area is 109 Å². The quantitative estimate of drug-likeness (QED) is 0.821. The minimum absolute atomic E-state index is 0.0430. The molecule has 0 bridgehead atoms. The number of amides is 2. The van der Waals surface area contributed by atoms with E-state index < -0.39 is 0 Å². The van der Waals surface area contributed by atoms with Gasteiger partial charge < -0.3 is 15.0 Å². The normalized spacial score (nSPS) is 26.9. The van der Waals surface area contributed by atoms with Gasteiger partial charge in [0, 0.05) is 18.0 Å². The van der Waals surface area contributed by atoms with Crippen LogP contribution in [-0.4, -0.2) is 48.6 Å². The van der Waals surface area contributed by atoms with Crippen LogP contribution in [0.2, 0.25) is 0 Å². The Morgan fingerprint density at radius 3 is 3.22 bits per heavy atom. The standard InChI is InChI=1S/C12H14N2O3S/c15-11-7-17-10-6-14(5-9(10)13-11)12(16)4-8-2-1-3-18-8/h1-3,9-10H,4-7H2,(H,13,15)/t9-,10-/m0/s1. The average Bonchev–Trinajstić information content (AvgIpc) is 2.96. The van der Waals surface area contributed by atoms with Crippen molar-refractivity contribution in [2.75, 3.05) is 19.7 Å². The fourth-order valence-corrected chi connectivity index (χ4v) is 3.09. The van der Waals surface area contributed by atoms with Crippen molar-refractivity contribution in [1.82, 2.24) is 10.2 Å². The summed E-state index contributed by atoms with van der Waals surface area (Å²) in [7, 11) is 0. The fraction of sp³-hybridized carbons (Fsp3) is 0.500. The van der Waals surface area contributed by atoms with E-state index >= 15 is 0 Å². The molecule has 1 aromatic rings. The maximum Gasteiger partial charge on any atom is 0.246 e.